The zero-order valence-electron chi connectivity index (χ0n) is 13.2. The van der Waals surface area contributed by atoms with Crippen LogP contribution in [0.3, 0.4) is 0 Å². The lowest BCUT2D eigenvalue weighted by Crippen LogP contribution is -2.41. The van der Waals surface area contributed by atoms with Gasteiger partial charge in [0.1, 0.15) is 11.8 Å². The van der Waals surface area contributed by atoms with E-state index in [0.29, 0.717) is 0 Å². The SMILES string of the molecule is CCSC(SCC)=C(C#N)c1ccc(OCC(F)(F)C(F)(F)F)nn1. The molecule has 0 aliphatic carbocycles. The average Bonchev–Trinajstić information content (AvgIpc) is 2.54. The van der Waals surface area contributed by atoms with Gasteiger partial charge in [-0.25, -0.2) is 0 Å². The van der Waals surface area contributed by atoms with Gasteiger partial charge in [0.2, 0.25) is 5.88 Å². The highest BCUT2D eigenvalue weighted by Gasteiger charge is 2.58. The van der Waals surface area contributed by atoms with E-state index in [2.05, 4.69) is 14.9 Å². The van der Waals surface area contributed by atoms with Gasteiger partial charge >= 0.3 is 12.1 Å². The van der Waals surface area contributed by atoms with Gasteiger partial charge in [0.15, 0.2) is 6.61 Å². The number of thioether (sulfide) groups is 2. The molecule has 0 bridgehead atoms. The van der Waals surface area contributed by atoms with E-state index in [9.17, 15) is 27.2 Å². The highest BCUT2D eigenvalue weighted by atomic mass is 32.2. The van der Waals surface area contributed by atoms with E-state index in [0.717, 1.165) is 21.8 Å². The van der Waals surface area contributed by atoms with Crippen LogP contribution in [0.25, 0.3) is 5.57 Å². The Labute approximate surface area is 149 Å². The van der Waals surface area contributed by atoms with Crippen LogP contribution in [0.2, 0.25) is 0 Å². The van der Waals surface area contributed by atoms with Gasteiger partial charge in [-0.05, 0) is 17.6 Å². The molecule has 0 N–H and O–H groups in total. The molecule has 0 saturated carbocycles. The van der Waals surface area contributed by atoms with E-state index < -0.39 is 24.6 Å². The first-order valence-corrected chi connectivity index (χ1v) is 8.94. The van der Waals surface area contributed by atoms with Crippen LogP contribution in [-0.2, 0) is 0 Å². The van der Waals surface area contributed by atoms with Gasteiger partial charge in [-0.2, -0.15) is 27.2 Å². The first-order valence-electron chi connectivity index (χ1n) is 6.97. The third-order valence-electron chi connectivity index (χ3n) is 2.58. The smallest absolute Gasteiger partial charge is 0.456 e. The Morgan fingerprint density at radius 2 is 1.72 bits per heavy atom. The molecule has 0 aromatic carbocycles. The first-order chi connectivity index (χ1) is 11.7. The number of rotatable bonds is 8. The molecule has 0 fully saturated rings. The maximum absolute atomic E-state index is 12.8. The van der Waals surface area contributed by atoms with Gasteiger partial charge in [-0.15, -0.1) is 33.7 Å². The second-order valence-electron chi connectivity index (χ2n) is 4.39. The summed E-state index contributed by atoms with van der Waals surface area (Å²) in [5.74, 6) is -4.02. The second-order valence-corrected chi connectivity index (χ2v) is 7.19. The number of ether oxygens (including phenoxy) is 1. The summed E-state index contributed by atoms with van der Waals surface area (Å²) in [5.41, 5.74) is 0.452. The molecular weight excluding hydrogens is 385 g/mol. The molecule has 1 rings (SSSR count). The summed E-state index contributed by atoms with van der Waals surface area (Å²) >= 11 is 2.89. The van der Waals surface area contributed by atoms with Crippen LogP contribution in [0, 0.1) is 11.3 Å². The summed E-state index contributed by atoms with van der Waals surface area (Å²) < 4.78 is 66.9. The van der Waals surface area contributed by atoms with Crippen molar-refractivity contribution >= 4 is 29.1 Å². The van der Waals surface area contributed by atoms with Crippen molar-refractivity contribution in [2.75, 3.05) is 18.1 Å². The van der Waals surface area contributed by atoms with Crippen molar-refractivity contribution in [1.82, 2.24) is 10.2 Å². The fourth-order valence-electron chi connectivity index (χ4n) is 1.43. The molecule has 0 aliphatic heterocycles. The molecule has 4 nitrogen and oxygen atoms in total. The van der Waals surface area contributed by atoms with Gasteiger partial charge in [0, 0.05) is 6.07 Å². The highest BCUT2D eigenvalue weighted by Crippen LogP contribution is 2.36. The third-order valence-corrected chi connectivity index (χ3v) is 4.80. The highest BCUT2D eigenvalue weighted by molar-refractivity contribution is 8.22. The molecule has 1 aromatic rings. The molecule has 1 heterocycles. The van der Waals surface area contributed by atoms with Crippen LogP contribution < -0.4 is 4.74 Å². The van der Waals surface area contributed by atoms with E-state index in [1.54, 1.807) is 0 Å². The van der Waals surface area contributed by atoms with Crippen molar-refractivity contribution in [1.29, 1.82) is 5.26 Å². The van der Waals surface area contributed by atoms with Crippen LogP contribution in [0.4, 0.5) is 22.0 Å². The largest absolute Gasteiger partial charge is 0.470 e. The molecular formula is C14H14F5N3OS2. The number of nitrogens with zero attached hydrogens (tertiary/aromatic N) is 3. The monoisotopic (exact) mass is 399 g/mol. The third kappa shape index (κ3) is 6.04. The zero-order chi connectivity index (χ0) is 19.1. The predicted molar refractivity (Wildman–Crippen MR) is 87.3 cm³/mol. The van der Waals surface area contributed by atoms with E-state index in [1.165, 1.54) is 29.6 Å². The molecule has 25 heavy (non-hydrogen) atoms. The van der Waals surface area contributed by atoms with Crippen molar-refractivity contribution in [3.05, 3.63) is 22.1 Å². The number of allylic oxidation sites excluding steroid dienone is 1. The summed E-state index contributed by atoms with van der Waals surface area (Å²) in [6, 6.07) is 4.39. The predicted octanol–water partition coefficient (Wildman–Crippen LogP) is 4.75. The Kier molecular flexibility index (Phi) is 7.95. The van der Waals surface area contributed by atoms with Crippen LogP contribution >= 0.6 is 23.5 Å². The lowest BCUT2D eigenvalue weighted by Gasteiger charge is -2.19. The van der Waals surface area contributed by atoms with E-state index in [1.807, 2.05) is 19.9 Å². The number of hydrogen-bond acceptors (Lipinski definition) is 6. The van der Waals surface area contributed by atoms with Gasteiger partial charge in [0.05, 0.1) is 9.81 Å². The molecule has 0 spiro atoms. The molecule has 1 aromatic heterocycles. The van der Waals surface area contributed by atoms with Crippen LogP contribution in [0.1, 0.15) is 19.5 Å². The summed E-state index contributed by atoms with van der Waals surface area (Å²) in [7, 11) is 0. The van der Waals surface area contributed by atoms with Crippen molar-refractivity contribution in [3.8, 4) is 11.9 Å². The number of aromatic nitrogens is 2. The van der Waals surface area contributed by atoms with Gasteiger partial charge in [0.25, 0.3) is 0 Å². The first kappa shape index (κ1) is 21.5. The maximum atomic E-state index is 12.8. The fourth-order valence-corrected chi connectivity index (χ4v) is 3.59. The summed E-state index contributed by atoms with van der Waals surface area (Å²) in [6.07, 6.45) is -5.71. The Hall–Kier alpha value is -1.54. The number of alkyl halides is 5. The van der Waals surface area contributed by atoms with Crippen molar-refractivity contribution < 1.29 is 26.7 Å². The Morgan fingerprint density at radius 3 is 2.12 bits per heavy atom. The fraction of sp³-hybridized carbons (Fsp3) is 0.500. The quantitative estimate of drug-likeness (QED) is 0.464. The van der Waals surface area contributed by atoms with Crippen LogP contribution in [0.15, 0.2) is 16.4 Å². The second kappa shape index (κ2) is 9.24. The van der Waals surface area contributed by atoms with Crippen LogP contribution in [-0.4, -0.2) is 40.4 Å². The molecule has 138 valence electrons. The van der Waals surface area contributed by atoms with E-state index in [-0.39, 0.29) is 11.3 Å². The number of hydrogen-bond donors (Lipinski definition) is 0. The Balaban J connectivity index is 2.95. The normalized spacial score (nSPS) is 11.8. The molecule has 0 atom stereocenters. The van der Waals surface area contributed by atoms with E-state index >= 15 is 0 Å². The Bertz CT molecular complexity index is 633. The zero-order valence-corrected chi connectivity index (χ0v) is 14.9. The van der Waals surface area contributed by atoms with Gasteiger partial charge < -0.3 is 4.74 Å². The molecule has 0 radical (unpaired) electrons. The Morgan fingerprint density at radius 1 is 1.12 bits per heavy atom. The van der Waals surface area contributed by atoms with Crippen molar-refractivity contribution in [2.45, 2.75) is 25.9 Å². The summed E-state index contributed by atoms with van der Waals surface area (Å²) in [5, 5.41) is 16.5. The van der Waals surface area contributed by atoms with Crippen molar-refractivity contribution in [2.24, 2.45) is 0 Å². The molecule has 11 heteroatoms. The van der Waals surface area contributed by atoms with Gasteiger partial charge in [-0.3, -0.25) is 0 Å². The molecule has 0 unspecified atom stereocenters. The minimum Gasteiger partial charge on any atom is -0.470 e. The minimum atomic E-state index is -5.71. The van der Waals surface area contributed by atoms with Crippen molar-refractivity contribution in [3.63, 3.8) is 0 Å². The lowest BCUT2D eigenvalue weighted by molar-refractivity contribution is -0.290. The standard InChI is InChI=1S/C14H14F5N3OS2/c1-3-24-12(25-4-2)9(7-20)10-5-6-11(22-21-10)23-8-13(15,16)14(17,18)19/h5-6H,3-4,8H2,1-2H3. The molecule has 0 saturated heterocycles. The summed E-state index contributed by atoms with van der Waals surface area (Å²) in [4.78, 5) is 0. The molecule has 0 aliphatic rings. The lowest BCUT2D eigenvalue weighted by atomic mass is 10.2. The number of halogens is 5. The van der Waals surface area contributed by atoms with Gasteiger partial charge in [-0.1, -0.05) is 13.8 Å². The maximum Gasteiger partial charge on any atom is 0.456 e. The average molecular weight is 399 g/mol. The van der Waals surface area contributed by atoms with E-state index in [4.69, 9.17) is 0 Å². The minimum absolute atomic E-state index is 0.189. The topological polar surface area (TPSA) is 58.8 Å². The summed E-state index contributed by atoms with van der Waals surface area (Å²) in [6.45, 7) is 1.94. The van der Waals surface area contributed by atoms with Crippen LogP contribution in [0.5, 0.6) is 5.88 Å². The molecule has 0 amide bonds. The number of nitriles is 1.